The van der Waals surface area contributed by atoms with Gasteiger partial charge in [0, 0.05) is 13.7 Å². The molecule has 0 spiro atoms. The monoisotopic (exact) mass is 258 g/mol. The lowest BCUT2D eigenvalue weighted by molar-refractivity contribution is -0.121. The Hall–Kier alpha value is -1.53. The first kappa shape index (κ1) is 14.5. The van der Waals surface area contributed by atoms with Gasteiger partial charge in [-0.3, -0.25) is 4.79 Å². The van der Waals surface area contributed by atoms with Crippen LogP contribution in [0.4, 0.5) is 8.78 Å². The average molecular weight is 258 g/mol. The van der Waals surface area contributed by atoms with Gasteiger partial charge in [-0.15, -0.1) is 0 Å². The number of carbonyl (C=O) groups excluding carboxylic acids is 1. The molecule has 0 aromatic heterocycles. The van der Waals surface area contributed by atoms with Crippen LogP contribution in [0.1, 0.15) is 5.56 Å². The quantitative estimate of drug-likeness (QED) is 0.785. The van der Waals surface area contributed by atoms with Crippen LogP contribution in [0.25, 0.3) is 0 Å². The molecule has 1 aromatic rings. The number of nitrogens with one attached hydrogen (secondary N) is 1. The van der Waals surface area contributed by atoms with Gasteiger partial charge in [0.05, 0.1) is 19.1 Å². The number of hydrogen-bond donors (Lipinski definition) is 2. The van der Waals surface area contributed by atoms with Crippen molar-refractivity contribution >= 4 is 5.91 Å². The van der Waals surface area contributed by atoms with Crippen LogP contribution in [0.15, 0.2) is 18.2 Å². The Kier molecular flexibility index (Phi) is 5.67. The Labute approximate surface area is 104 Å². The van der Waals surface area contributed by atoms with Crippen molar-refractivity contribution < 1.29 is 18.3 Å². The van der Waals surface area contributed by atoms with Crippen molar-refractivity contribution in [2.45, 2.75) is 12.5 Å². The molecule has 0 bridgehead atoms. The van der Waals surface area contributed by atoms with Gasteiger partial charge in [0.2, 0.25) is 5.91 Å². The number of carbonyl (C=O) groups is 1. The summed E-state index contributed by atoms with van der Waals surface area (Å²) in [7, 11) is 1.50. The van der Waals surface area contributed by atoms with Gasteiger partial charge in [-0.05, 0) is 17.7 Å². The molecule has 0 saturated carbocycles. The summed E-state index contributed by atoms with van der Waals surface area (Å²) in [5.74, 6) is -2.21. The Bertz CT molecular complexity index is 413. The largest absolute Gasteiger partial charge is 0.383 e. The third-order valence-electron chi connectivity index (χ3n) is 2.37. The van der Waals surface area contributed by atoms with E-state index in [1.807, 2.05) is 0 Å². The second-order valence-corrected chi connectivity index (χ2v) is 3.88. The molecule has 18 heavy (non-hydrogen) atoms. The normalized spacial score (nSPS) is 12.2. The topological polar surface area (TPSA) is 64.3 Å². The zero-order valence-corrected chi connectivity index (χ0v) is 10.1. The lowest BCUT2D eigenvalue weighted by Crippen LogP contribution is -2.43. The fourth-order valence-corrected chi connectivity index (χ4v) is 1.48. The van der Waals surface area contributed by atoms with Crippen molar-refractivity contribution in [2.24, 2.45) is 5.73 Å². The molecule has 0 saturated heterocycles. The lowest BCUT2D eigenvalue weighted by Gasteiger charge is -2.15. The van der Waals surface area contributed by atoms with Gasteiger partial charge in [0.25, 0.3) is 0 Å². The predicted molar refractivity (Wildman–Crippen MR) is 62.9 cm³/mol. The molecule has 0 aliphatic heterocycles. The van der Waals surface area contributed by atoms with Crippen LogP contribution >= 0.6 is 0 Å². The number of ether oxygens (including phenoxy) is 1. The van der Waals surface area contributed by atoms with E-state index in [1.165, 1.54) is 13.2 Å². The zero-order valence-electron chi connectivity index (χ0n) is 10.1. The molecule has 6 heteroatoms. The highest BCUT2D eigenvalue weighted by molar-refractivity contribution is 5.78. The molecule has 1 atom stereocenters. The summed E-state index contributed by atoms with van der Waals surface area (Å²) in [6.45, 7) is 0.553. The number of nitrogens with two attached hydrogens (primary N) is 1. The SMILES string of the molecule is COCC(CN)NC(=O)Cc1ccc(F)c(F)c1. The number of methoxy groups -OCH3 is 1. The van der Waals surface area contributed by atoms with E-state index in [-0.39, 0.29) is 24.9 Å². The van der Waals surface area contributed by atoms with Crippen molar-refractivity contribution in [1.82, 2.24) is 5.32 Å². The smallest absolute Gasteiger partial charge is 0.224 e. The van der Waals surface area contributed by atoms with Crippen molar-refractivity contribution in [3.63, 3.8) is 0 Å². The molecule has 4 nitrogen and oxygen atoms in total. The summed E-state index contributed by atoms with van der Waals surface area (Å²) >= 11 is 0. The second kappa shape index (κ2) is 7.03. The summed E-state index contributed by atoms with van der Waals surface area (Å²) in [4.78, 5) is 11.6. The van der Waals surface area contributed by atoms with Gasteiger partial charge in [-0.25, -0.2) is 8.78 Å². The number of benzene rings is 1. The molecule has 1 aromatic carbocycles. The molecule has 0 radical (unpaired) electrons. The van der Waals surface area contributed by atoms with E-state index in [0.717, 1.165) is 12.1 Å². The Morgan fingerprint density at radius 1 is 1.44 bits per heavy atom. The van der Waals surface area contributed by atoms with Gasteiger partial charge in [-0.2, -0.15) is 0 Å². The highest BCUT2D eigenvalue weighted by Crippen LogP contribution is 2.09. The van der Waals surface area contributed by atoms with E-state index < -0.39 is 11.6 Å². The van der Waals surface area contributed by atoms with Crippen molar-refractivity contribution in [1.29, 1.82) is 0 Å². The minimum atomic E-state index is -0.965. The lowest BCUT2D eigenvalue weighted by atomic mass is 10.1. The Morgan fingerprint density at radius 3 is 2.72 bits per heavy atom. The maximum absolute atomic E-state index is 12.9. The molecule has 0 fully saturated rings. The maximum atomic E-state index is 12.9. The third kappa shape index (κ3) is 4.38. The third-order valence-corrected chi connectivity index (χ3v) is 2.37. The van der Waals surface area contributed by atoms with E-state index in [4.69, 9.17) is 10.5 Å². The van der Waals surface area contributed by atoms with Crippen LogP contribution in [-0.2, 0) is 16.0 Å². The summed E-state index contributed by atoms with van der Waals surface area (Å²) in [5, 5.41) is 2.65. The summed E-state index contributed by atoms with van der Waals surface area (Å²) in [5.41, 5.74) is 5.84. The summed E-state index contributed by atoms with van der Waals surface area (Å²) in [6.07, 6.45) is -0.0303. The Morgan fingerprint density at radius 2 is 2.17 bits per heavy atom. The molecule has 0 aliphatic carbocycles. The van der Waals surface area contributed by atoms with Crippen LogP contribution in [0.2, 0.25) is 0 Å². The predicted octanol–water partition coefficient (Wildman–Crippen LogP) is 0.597. The van der Waals surface area contributed by atoms with Crippen molar-refractivity contribution in [3.8, 4) is 0 Å². The molecule has 1 amide bonds. The van der Waals surface area contributed by atoms with E-state index in [2.05, 4.69) is 5.32 Å². The fourth-order valence-electron chi connectivity index (χ4n) is 1.48. The average Bonchev–Trinajstić information content (AvgIpc) is 2.33. The highest BCUT2D eigenvalue weighted by atomic mass is 19.2. The molecule has 1 unspecified atom stereocenters. The van der Waals surface area contributed by atoms with Crippen molar-refractivity contribution in [2.75, 3.05) is 20.3 Å². The van der Waals surface area contributed by atoms with Crippen LogP contribution in [0.3, 0.4) is 0 Å². The molecule has 0 heterocycles. The number of halogens is 2. The van der Waals surface area contributed by atoms with Gasteiger partial charge < -0.3 is 15.8 Å². The summed E-state index contributed by atoms with van der Waals surface area (Å²) < 4.78 is 30.5. The first-order valence-corrected chi connectivity index (χ1v) is 5.49. The molecule has 1 rings (SSSR count). The number of rotatable bonds is 6. The highest BCUT2D eigenvalue weighted by Gasteiger charge is 2.12. The van der Waals surface area contributed by atoms with Gasteiger partial charge in [-0.1, -0.05) is 6.07 Å². The van der Waals surface area contributed by atoms with Crippen molar-refractivity contribution in [3.05, 3.63) is 35.4 Å². The van der Waals surface area contributed by atoms with E-state index in [0.29, 0.717) is 12.2 Å². The van der Waals surface area contributed by atoms with E-state index >= 15 is 0 Å². The van der Waals surface area contributed by atoms with E-state index in [1.54, 1.807) is 0 Å². The maximum Gasteiger partial charge on any atom is 0.224 e. The number of amides is 1. The fraction of sp³-hybridized carbons (Fsp3) is 0.417. The first-order valence-electron chi connectivity index (χ1n) is 5.49. The first-order chi connectivity index (χ1) is 8.56. The summed E-state index contributed by atoms with van der Waals surface area (Å²) in [6, 6.07) is 3.08. The van der Waals surface area contributed by atoms with Crippen LogP contribution in [-0.4, -0.2) is 32.2 Å². The molecule has 0 aliphatic rings. The molecular formula is C12H16F2N2O2. The molecule has 3 N–H and O–H groups in total. The zero-order chi connectivity index (χ0) is 13.5. The molecular weight excluding hydrogens is 242 g/mol. The van der Waals surface area contributed by atoms with E-state index in [9.17, 15) is 13.6 Å². The van der Waals surface area contributed by atoms with Gasteiger partial charge in [0.1, 0.15) is 0 Å². The van der Waals surface area contributed by atoms with Crippen LogP contribution in [0.5, 0.6) is 0 Å². The number of hydrogen-bond acceptors (Lipinski definition) is 3. The minimum absolute atomic E-state index is 0.0303. The van der Waals surface area contributed by atoms with Crippen LogP contribution in [0, 0.1) is 11.6 Å². The van der Waals surface area contributed by atoms with Gasteiger partial charge in [0.15, 0.2) is 11.6 Å². The molecule has 100 valence electrons. The standard InChI is InChI=1S/C12H16F2N2O2/c1-18-7-9(6-15)16-12(17)5-8-2-3-10(13)11(14)4-8/h2-4,9H,5-7,15H2,1H3,(H,16,17). The minimum Gasteiger partial charge on any atom is -0.383 e. The van der Waals surface area contributed by atoms with Gasteiger partial charge >= 0.3 is 0 Å². The Balaban J connectivity index is 2.55. The second-order valence-electron chi connectivity index (χ2n) is 3.88. The van der Waals surface area contributed by atoms with Crippen LogP contribution < -0.4 is 11.1 Å².